The Balaban J connectivity index is 0. The maximum atomic E-state index is 2.40. The molecular weight excluding hydrogens is 458 g/mol. The van der Waals surface area contributed by atoms with Crippen LogP contribution in [0.2, 0.25) is 0 Å². The van der Waals surface area contributed by atoms with E-state index in [2.05, 4.69) is 27.7 Å². The molecule has 0 aromatic heterocycles. The van der Waals surface area contributed by atoms with Crippen molar-refractivity contribution in [2.45, 2.75) is 195 Å². The van der Waals surface area contributed by atoms with Crippen molar-refractivity contribution in [3.63, 3.8) is 0 Å². The van der Waals surface area contributed by atoms with Gasteiger partial charge in [0.15, 0.2) is 0 Å². The number of quaternary nitrogens is 1. The zero-order valence-electron chi connectivity index (χ0n) is 26.0. The Morgan fingerprint density at radius 1 is 0.250 bits per heavy atom. The molecular formula is C34H72ClN. The van der Waals surface area contributed by atoms with Crippen LogP contribution in [-0.4, -0.2) is 30.7 Å². The van der Waals surface area contributed by atoms with Crippen LogP contribution in [0.4, 0.5) is 0 Å². The fourth-order valence-electron chi connectivity index (χ4n) is 5.91. The number of nitrogens with zero attached hydrogens (tertiary/aromatic N) is 1. The first kappa shape index (κ1) is 38.4. The van der Waals surface area contributed by atoms with Crippen LogP contribution in [0, 0.1) is 0 Å². The van der Waals surface area contributed by atoms with E-state index in [1.54, 1.807) is 0 Å². The van der Waals surface area contributed by atoms with Crippen molar-refractivity contribution < 1.29 is 16.9 Å². The molecule has 0 saturated heterocycles. The second-order valence-corrected chi connectivity index (χ2v) is 12.0. The van der Waals surface area contributed by atoms with Gasteiger partial charge in [0.2, 0.25) is 0 Å². The third-order valence-electron chi connectivity index (χ3n) is 8.44. The van der Waals surface area contributed by atoms with Gasteiger partial charge in [-0.3, -0.25) is 0 Å². The number of hydrogen-bond donors (Lipinski definition) is 0. The summed E-state index contributed by atoms with van der Waals surface area (Å²) in [5, 5.41) is 0. The van der Waals surface area contributed by atoms with Gasteiger partial charge in [0.25, 0.3) is 0 Å². The van der Waals surface area contributed by atoms with Crippen LogP contribution in [0.25, 0.3) is 0 Å². The monoisotopic (exact) mass is 530 g/mol. The Bertz CT molecular complexity index is 333. The maximum absolute atomic E-state index is 2.40. The van der Waals surface area contributed by atoms with Crippen molar-refractivity contribution in [1.82, 2.24) is 0 Å². The lowest BCUT2D eigenvalue weighted by Gasteiger charge is -2.39. The minimum absolute atomic E-state index is 0. The minimum atomic E-state index is 0. The smallest absolute Gasteiger partial charge is 0.0786 e. The van der Waals surface area contributed by atoms with Gasteiger partial charge in [-0.15, -0.1) is 0 Å². The van der Waals surface area contributed by atoms with Crippen LogP contribution in [0.1, 0.15) is 195 Å². The Kier molecular flexibility index (Phi) is 33.6. The highest BCUT2D eigenvalue weighted by Gasteiger charge is 2.25. The van der Waals surface area contributed by atoms with E-state index in [4.69, 9.17) is 0 Å². The standard InChI is InChI=1S/C34H72N.ClH/c1-5-9-13-16-19-22-25-28-32-35(31-12-8-4,33-29-26-23-20-17-14-10-6-2)34-30-27-24-21-18-15-11-7-3;/h5-34H2,1-4H3;1H/q+1;/p-1. The molecule has 0 saturated carbocycles. The van der Waals surface area contributed by atoms with E-state index in [1.165, 1.54) is 198 Å². The zero-order valence-corrected chi connectivity index (χ0v) is 26.8. The second-order valence-electron chi connectivity index (χ2n) is 12.0. The van der Waals surface area contributed by atoms with Crippen LogP contribution >= 0.6 is 0 Å². The summed E-state index contributed by atoms with van der Waals surface area (Å²) in [6, 6.07) is 0. The fraction of sp³-hybridized carbons (Fsp3) is 1.00. The van der Waals surface area contributed by atoms with Gasteiger partial charge in [0, 0.05) is 0 Å². The minimum Gasteiger partial charge on any atom is -1.00 e. The average molecular weight is 530 g/mol. The molecule has 0 aliphatic rings. The lowest BCUT2D eigenvalue weighted by atomic mass is 10.0. The maximum Gasteiger partial charge on any atom is 0.0786 e. The number of hydrogen-bond acceptors (Lipinski definition) is 0. The number of rotatable bonds is 30. The molecule has 0 aromatic carbocycles. The Morgan fingerprint density at radius 2 is 0.444 bits per heavy atom. The van der Waals surface area contributed by atoms with Gasteiger partial charge in [-0.2, -0.15) is 0 Å². The molecule has 36 heavy (non-hydrogen) atoms. The summed E-state index contributed by atoms with van der Waals surface area (Å²) in [6.07, 6.45) is 37.8. The van der Waals surface area contributed by atoms with Crippen LogP contribution in [0.3, 0.4) is 0 Å². The predicted molar refractivity (Wildman–Crippen MR) is 162 cm³/mol. The van der Waals surface area contributed by atoms with Gasteiger partial charge in [-0.05, 0) is 44.9 Å². The molecule has 0 rings (SSSR count). The Hall–Kier alpha value is 0.250. The molecule has 0 N–H and O–H groups in total. The first-order valence-electron chi connectivity index (χ1n) is 17.1. The highest BCUT2D eigenvalue weighted by molar-refractivity contribution is 4.54. The molecule has 220 valence electrons. The third-order valence-corrected chi connectivity index (χ3v) is 8.44. The summed E-state index contributed by atoms with van der Waals surface area (Å²) in [7, 11) is 0. The summed E-state index contributed by atoms with van der Waals surface area (Å²) in [5.74, 6) is 0. The summed E-state index contributed by atoms with van der Waals surface area (Å²) in [6.45, 7) is 15.3. The summed E-state index contributed by atoms with van der Waals surface area (Å²) >= 11 is 0. The van der Waals surface area contributed by atoms with Crippen LogP contribution in [-0.2, 0) is 0 Å². The Labute approximate surface area is 237 Å². The molecule has 0 atom stereocenters. The van der Waals surface area contributed by atoms with E-state index in [-0.39, 0.29) is 12.4 Å². The average Bonchev–Trinajstić information content (AvgIpc) is 2.87. The van der Waals surface area contributed by atoms with Crippen molar-refractivity contribution in [2.75, 3.05) is 26.2 Å². The lowest BCUT2D eigenvalue weighted by molar-refractivity contribution is -0.929. The van der Waals surface area contributed by atoms with Gasteiger partial charge < -0.3 is 16.9 Å². The van der Waals surface area contributed by atoms with Crippen molar-refractivity contribution >= 4 is 0 Å². The molecule has 0 radical (unpaired) electrons. The van der Waals surface area contributed by atoms with Gasteiger partial charge in [-0.1, -0.05) is 150 Å². The van der Waals surface area contributed by atoms with E-state index >= 15 is 0 Å². The highest BCUT2D eigenvalue weighted by atomic mass is 35.5. The van der Waals surface area contributed by atoms with Crippen LogP contribution in [0.15, 0.2) is 0 Å². The molecule has 1 nitrogen and oxygen atoms in total. The van der Waals surface area contributed by atoms with Gasteiger partial charge >= 0.3 is 0 Å². The SMILES string of the molecule is CCCCCCCCCC[N+](CCCC)(CCCCCCCCCC)CCCCCCCCCC.[Cl-]. The van der Waals surface area contributed by atoms with Crippen molar-refractivity contribution in [1.29, 1.82) is 0 Å². The molecule has 0 amide bonds. The second kappa shape index (κ2) is 31.5. The normalized spacial score (nSPS) is 11.7. The van der Waals surface area contributed by atoms with Gasteiger partial charge in [-0.25, -0.2) is 0 Å². The lowest BCUT2D eigenvalue weighted by Crippen LogP contribution is -3.00. The van der Waals surface area contributed by atoms with Gasteiger partial charge in [0.1, 0.15) is 0 Å². The highest BCUT2D eigenvalue weighted by Crippen LogP contribution is 2.20. The first-order valence-corrected chi connectivity index (χ1v) is 17.1. The quantitative estimate of drug-likeness (QED) is 0.0642. The molecule has 0 aliphatic carbocycles. The molecule has 0 bridgehead atoms. The van der Waals surface area contributed by atoms with Crippen molar-refractivity contribution in [3.05, 3.63) is 0 Å². The molecule has 0 heterocycles. The summed E-state index contributed by atoms with van der Waals surface area (Å²) in [5.41, 5.74) is 0. The van der Waals surface area contributed by atoms with Gasteiger partial charge in [0.05, 0.1) is 26.2 Å². The number of unbranched alkanes of at least 4 members (excludes halogenated alkanes) is 22. The van der Waals surface area contributed by atoms with Crippen LogP contribution < -0.4 is 12.4 Å². The third kappa shape index (κ3) is 25.9. The molecule has 2 heteroatoms. The summed E-state index contributed by atoms with van der Waals surface area (Å²) < 4.78 is 1.47. The Morgan fingerprint density at radius 3 is 0.694 bits per heavy atom. The molecule has 0 spiro atoms. The van der Waals surface area contributed by atoms with E-state index in [0.29, 0.717) is 0 Å². The van der Waals surface area contributed by atoms with E-state index < -0.39 is 0 Å². The van der Waals surface area contributed by atoms with E-state index in [0.717, 1.165) is 0 Å². The zero-order chi connectivity index (χ0) is 25.7. The summed E-state index contributed by atoms with van der Waals surface area (Å²) in [4.78, 5) is 0. The molecule has 0 aliphatic heterocycles. The van der Waals surface area contributed by atoms with Crippen molar-refractivity contribution in [2.24, 2.45) is 0 Å². The topological polar surface area (TPSA) is 0 Å². The predicted octanol–water partition coefficient (Wildman–Crippen LogP) is 9.03. The first-order chi connectivity index (χ1) is 17.2. The van der Waals surface area contributed by atoms with Crippen molar-refractivity contribution in [3.8, 4) is 0 Å². The molecule has 0 aromatic rings. The fourth-order valence-corrected chi connectivity index (χ4v) is 5.91. The number of halogens is 1. The molecule has 0 unspecified atom stereocenters. The molecule has 0 fully saturated rings. The largest absolute Gasteiger partial charge is 1.00 e. The van der Waals surface area contributed by atoms with E-state index in [1.807, 2.05) is 0 Å². The van der Waals surface area contributed by atoms with Crippen LogP contribution in [0.5, 0.6) is 0 Å². The van der Waals surface area contributed by atoms with E-state index in [9.17, 15) is 0 Å².